The minimum absolute atomic E-state index is 0.346. The molecule has 0 aliphatic heterocycles. The monoisotopic (exact) mass is 293 g/mol. The highest BCUT2D eigenvalue weighted by molar-refractivity contribution is 5.41. The van der Waals surface area contributed by atoms with Crippen LogP contribution in [-0.2, 0) is 0 Å². The number of nitrogens with two attached hydrogens (primary N) is 1. The Morgan fingerprint density at radius 3 is 1.71 bits per heavy atom. The molecule has 0 saturated carbocycles. The molecule has 0 aromatic heterocycles. The number of benzene rings is 1. The average Bonchev–Trinajstić information content (AvgIpc) is 2.50. The van der Waals surface area contributed by atoms with Gasteiger partial charge >= 0.3 is 0 Å². The summed E-state index contributed by atoms with van der Waals surface area (Å²) < 4.78 is 5.67. The van der Waals surface area contributed by atoms with E-state index in [9.17, 15) is 0 Å². The molecular weight excluding hydrogens is 262 g/mol. The van der Waals surface area contributed by atoms with Crippen LogP contribution in [0.15, 0.2) is 24.3 Å². The van der Waals surface area contributed by atoms with E-state index in [0.29, 0.717) is 6.61 Å². The van der Waals surface area contributed by atoms with Gasteiger partial charge < -0.3 is 15.6 Å². The first kappa shape index (κ1) is 17.8. The molecule has 3 heteroatoms. The van der Waals surface area contributed by atoms with Crippen LogP contribution in [0.25, 0.3) is 0 Å². The van der Waals surface area contributed by atoms with Crippen LogP contribution in [0.5, 0.6) is 5.75 Å². The summed E-state index contributed by atoms with van der Waals surface area (Å²) in [5.41, 5.74) is 6.40. The van der Waals surface area contributed by atoms with Gasteiger partial charge in [-0.15, -0.1) is 0 Å². The van der Waals surface area contributed by atoms with Crippen LogP contribution in [0.4, 0.5) is 5.69 Å². The molecule has 21 heavy (non-hydrogen) atoms. The van der Waals surface area contributed by atoms with E-state index in [2.05, 4.69) is 0 Å². The van der Waals surface area contributed by atoms with Crippen molar-refractivity contribution in [1.29, 1.82) is 0 Å². The van der Waals surface area contributed by atoms with Crippen LogP contribution in [0.3, 0.4) is 0 Å². The summed E-state index contributed by atoms with van der Waals surface area (Å²) in [6, 6.07) is 7.59. The standard InChI is InChI=1S/C18H31NO2/c19-17-11-13-18(14-12-17)21-16-10-8-6-4-2-1-3-5-7-9-15-20/h11-14,20H,1-10,15-16,19H2. The van der Waals surface area contributed by atoms with E-state index in [1.54, 1.807) is 0 Å². The van der Waals surface area contributed by atoms with Crippen LogP contribution in [-0.4, -0.2) is 18.3 Å². The van der Waals surface area contributed by atoms with Crippen LogP contribution in [0.1, 0.15) is 64.2 Å². The number of unbranched alkanes of at least 4 members (excludes halogenated alkanes) is 9. The molecule has 0 fully saturated rings. The van der Waals surface area contributed by atoms with E-state index in [0.717, 1.165) is 30.9 Å². The van der Waals surface area contributed by atoms with Crippen LogP contribution >= 0.6 is 0 Å². The fourth-order valence-corrected chi connectivity index (χ4v) is 2.38. The molecule has 0 atom stereocenters. The Balaban J connectivity index is 1.81. The molecule has 1 rings (SSSR count). The molecule has 1 aromatic carbocycles. The van der Waals surface area contributed by atoms with E-state index in [1.165, 1.54) is 51.4 Å². The van der Waals surface area contributed by atoms with E-state index in [1.807, 2.05) is 24.3 Å². The fraction of sp³-hybridized carbons (Fsp3) is 0.667. The van der Waals surface area contributed by atoms with Gasteiger partial charge in [0, 0.05) is 12.3 Å². The van der Waals surface area contributed by atoms with Gasteiger partial charge in [0.05, 0.1) is 6.61 Å². The lowest BCUT2D eigenvalue weighted by Gasteiger charge is -2.06. The van der Waals surface area contributed by atoms with Crippen molar-refractivity contribution in [3.63, 3.8) is 0 Å². The van der Waals surface area contributed by atoms with E-state index in [-0.39, 0.29) is 0 Å². The molecule has 0 radical (unpaired) electrons. The largest absolute Gasteiger partial charge is 0.494 e. The van der Waals surface area contributed by atoms with Gasteiger partial charge in [-0.2, -0.15) is 0 Å². The number of nitrogen functional groups attached to an aromatic ring is 1. The summed E-state index contributed by atoms with van der Waals surface area (Å²) in [5, 5.41) is 8.68. The number of aliphatic hydroxyl groups excluding tert-OH is 1. The third-order valence-corrected chi connectivity index (χ3v) is 3.70. The molecule has 0 amide bonds. The first-order chi connectivity index (χ1) is 10.3. The van der Waals surface area contributed by atoms with E-state index >= 15 is 0 Å². The molecule has 0 unspecified atom stereocenters. The van der Waals surface area contributed by atoms with Crippen molar-refractivity contribution >= 4 is 5.69 Å². The highest BCUT2D eigenvalue weighted by Gasteiger charge is 1.95. The van der Waals surface area contributed by atoms with Gasteiger partial charge in [-0.25, -0.2) is 0 Å². The summed E-state index contributed by atoms with van der Waals surface area (Å²) >= 11 is 0. The number of aliphatic hydroxyl groups is 1. The second-order valence-corrected chi connectivity index (χ2v) is 5.68. The van der Waals surface area contributed by atoms with Gasteiger partial charge in [-0.05, 0) is 37.1 Å². The minimum Gasteiger partial charge on any atom is -0.494 e. The lowest BCUT2D eigenvalue weighted by atomic mass is 10.1. The third kappa shape index (κ3) is 10.2. The van der Waals surface area contributed by atoms with Crippen molar-refractivity contribution in [1.82, 2.24) is 0 Å². The van der Waals surface area contributed by atoms with Crippen LogP contribution in [0.2, 0.25) is 0 Å². The highest BCUT2D eigenvalue weighted by atomic mass is 16.5. The molecule has 0 bridgehead atoms. The SMILES string of the molecule is Nc1ccc(OCCCCCCCCCCCCO)cc1. The summed E-state index contributed by atoms with van der Waals surface area (Å²) in [7, 11) is 0. The Bertz CT molecular complexity index is 338. The quantitative estimate of drug-likeness (QED) is 0.414. The Labute approximate surface area is 129 Å². The molecule has 3 nitrogen and oxygen atoms in total. The normalized spacial score (nSPS) is 10.7. The maximum atomic E-state index is 8.68. The van der Waals surface area contributed by atoms with Gasteiger partial charge in [0.25, 0.3) is 0 Å². The second-order valence-electron chi connectivity index (χ2n) is 5.68. The Hall–Kier alpha value is -1.22. The molecule has 1 aromatic rings. The zero-order valence-corrected chi connectivity index (χ0v) is 13.2. The number of ether oxygens (including phenoxy) is 1. The lowest BCUT2D eigenvalue weighted by molar-refractivity contribution is 0.282. The molecule has 0 aliphatic carbocycles. The van der Waals surface area contributed by atoms with Crippen molar-refractivity contribution in [3.8, 4) is 5.75 Å². The fourth-order valence-electron chi connectivity index (χ4n) is 2.38. The minimum atomic E-state index is 0.346. The zero-order valence-electron chi connectivity index (χ0n) is 13.2. The van der Waals surface area contributed by atoms with Crippen molar-refractivity contribution in [2.45, 2.75) is 64.2 Å². The first-order valence-corrected chi connectivity index (χ1v) is 8.42. The average molecular weight is 293 g/mol. The first-order valence-electron chi connectivity index (χ1n) is 8.42. The molecular formula is C18H31NO2. The predicted molar refractivity (Wildman–Crippen MR) is 89.6 cm³/mol. The summed E-state index contributed by atoms with van der Waals surface area (Å²) in [6.07, 6.45) is 12.4. The molecule has 0 aliphatic rings. The third-order valence-electron chi connectivity index (χ3n) is 3.70. The molecule has 0 heterocycles. The van der Waals surface area contributed by atoms with E-state index < -0.39 is 0 Å². The molecule has 0 spiro atoms. The Morgan fingerprint density at radius 1 is 0.714 bits per heavy atom. The van der Waals surface area contributed by atoms with Crippen molar-refractivity contribution < 1.29 is 9.84 Å². The van der Waals surface area contributed by atoms with E-state index in [4.69, 9.17) is 15.6 Å². The van der Waals surface area contributed by atoms with Crippen molar-refractivity contribution in [3.05, 3.63) is 24.3 Å². The summed E-state index contributed by atoms with van der Waals surface area (Å²) in [4.78, 5) is 0. The number of rotatable bonds is 13. The van der Waals surface area contributed by atoms with Crippen molar-refractivity contribution in [2.75, 3.05) is 18.9 Å². The van der Waals surface area contributed by atoms with Crippen LogP contribution < -0.4 is 10.5 Å². The summed E-state index contributed by atoms with van der Waals surface area (Å²) in [6.45, 7) is 1.14. The van der Waals surface area contributed by atoms with Gasteiger partial charge in [-0.3, -0.25) is 0 Å². The predicted octanol–water partition coefficient (Wildman–Crippen LogP) is 4.54. The maximum absolute atomic E-state index is 8.68. The van der Waals surface area contributed by atoms with Gasteiger partial charge in [0.1, 0.15) is 5.75 Å². The molecule has 3 N–H and O–H groups in total. The van der Waals surface area contributed by atoms with Gasteiger partial charge in [0.15, 0.2) is 0 Å². The highest BCUT2D eigenvalue weighted by Crippen LogP contribution is 2.14. The number of hydrogen-bond donors (Lipinski definition) is 2. The van der Waals surface area contributed by atoms with Crippen molar-refractivity contribution in [2.24, 2.45) is 0 Å². The van der Waals surface area contributed by atoms with Gasteiger partial charge in [0.2, 0.25) is 0 Å². The number of anilines is 1. The summed E-state index contributed by atoms with van der Waals surface area (Å²) in [5.74, 6) is 0.909. The second kappa shape index (κ2) is 12.5. The molecule has 0 saturated heterocycles. The zero-order chi connectivity index (χ0) is 15.2. The Kier molecular flexibility index (Phi) is 10.6. The van der Waals surface area contributed by atoms with Crippen LogP contribution in [0, 0.1) is 0 Å². The Morgan fingerprint density at radius 2 is 1.19 bits per heavy atom. The smallest absolute Gasteiger partial charge is 0.119 e. The molecule has 120 valence electrons. The lowest BCUT2D eigenvalue weighted by Crippen LogP contribution is -1.97. The number of hydrogen-bond acceptors (Lipinski definition) is 3. The topological polar surface area (TPSA) is 55.5 Å². The van der Waals surface area contributed by atoms with Gasteiger partial charge in [-0.1, -0.05) is 51.4 Å². The maximum Gasteiger partial charge on any atom is 0.119 e.